The van der Waals surface area contributed by atoms with Crippen LogP contribution in [0.4, 0.5) is 0 Å². The van der Waals surface area contributed by atoms with E-state index in [4.69, 9.17) is 0 Å². The first-order valence-electron chi connectivity index (χ1n) is 5.68. The van der Waals surface area contributed by atoms with Crippen LogP contribution in [0.2, 0.25) is 0 Å². The molecule has 0 aliphatic rings. The Bertz CT molecular complexity index is 700. The number of hydrogen-bond acceptors (Lipinski definition) is 0. The molecule has 0 fully saturated rings. The Morgan fingerprint density at radius 3 is 2.17 bits per heavy atom. The molecule has 0 radical (unpaired) electrons. The van der Waals surface area contributed by atoms with Gasteiger partial charge in [-0.15, -0.1) is 0 Å². The van der Waals surface area contributed by atoms with Gasteiger partial charge in [0.1, 0.15) is 0 Å². The smallest absolute Gasteiger partial charge is 0.0253 e. The zero-order valence-corrected chi connectivity index (χ0v) is 12.7. The molecule has 0 aliphatic heterocycles. The van der Waals surface area contributed by atoms with Gasteiger partial charge in [-0.05, 0) is 46.2 Å². The Labute approximate surface area is 123 Å². The van der Waals surface area contributed by atoms with Crippen LogP contribution in [0, 0.1) is 0 Å². The summed E-state index contributed by atoms with van der Waals surface area (Å²) in [6.45, 7) is 0. The molecule has 0 nitrogen and oxygen atoms in total. The normalized spacial score (nSPS) is 10.8. The van der Waals surface area contributed by atoms with Crippen molar-refractivity contribution in [2.24, 2.45) is 0 Å². The van der Waals surface area contributed by atoms with Gasteiger partial charge in [0.2, 0.25) is 0 Å². The second-order valence-electron chi connectivity index (χ2n) is 4.18. The Kier molecular flexibility index (Phi) is 3.23. The van der Waals surface area contributed by atoms with Crippen LogP contribution in [0.15, 0.2) is 69.6 Å². The third kappa shape index (κ3) is 2.23. The summed E-state index contributed by atoms with van der Waals surface area (Å²) in [6.07, 6.45) is 0. The molecule has 3 rings (SSSR count). The summed E-state index contributed by atoms with van der Waals surface area (Å²) in [5.74, 6) is 0. The lowest BCUT2D eigenvalue weighted by molar-refractivity contribution is 1.61. The number of benzene rings is 3. The van der Waals surface area contributed by atoms with E-state index in [1.165, 1.54) is 21.9 Å². The van der Waals surface area contributed by atoms with Gasteiger partial charge in [0.15, 0.2) is 0 Å². The molecule has 2 heteroatoms. The lowest BCUT2D eigenvalue weighted by atomic mass is 10.0. The molecule has 18 heavy (non-hydrogen) atoms. The van der Waals surface area contributed by atoms with Gasteiger partial charge in [-0.2, -0.15) is 0 Å². The van der Waals surface area contributed by atoms with Gasteiger partial charge in [0, 0.05) is 8.95 Å². The molecule has 0 N–H and O–H groups in total. The van der Waals surface area contributed by atoms with Gasteiger partial charge in [-0.25, -0.2) is 0 Å². The second-order valence-corrected chi connectivity index (χ2v) is 5.95. The monoisotopic (exact) mass is 360 g/mol. The highest BCUT2D eigenvalue weighted by Crippen LogP contribution is 2.29. The fourth-order valence-corrected chi connectivity index (χ4v) is 2.84. The number of hydrogen-bond donors (Lipinski definition) is 0. The van der Waals surface area contributed by atoms with Gasteiger partial charge < -0.3 is 0 Å². The van der Waals surface area contributed by atoms with Crippen LogP contribution >= 0.6 is 31.9 Å². The first kappa shape index (κ1) is 11.9. The summed E-state index contributed by atoms with van der Waals surface area (Å²) in [4.78, 5) is 0. The molecular weight excluding hydrogens is 352 g/mol. The fourth-order valence-electron chi connectivity index (χ4n) is 2.07. The standard InChI is InChI=1S/C16H10Br2/c17-14-7-4-11(5-8-14)12-6-9-15-13(10-12)2-1-3-16(15)18/h1-10H. The van der Waals surface area contributed by atoms with Crippen molar-refractivity contribution in [3.8, 4) is 11.1 Å². The maximum Gasteiger partial charge on any atom is 0.0253 e. The molecule has 0 bridgehead atoms. The minimum atomic E-state index is 1.11. The van der Waals surface area contributed by atoms with Crippen molar-refractivity contribution >= 4 is 42.6 Å². The van der Waals surface area contributed by atoms with E-state index in [1.54, 1.807) is 0 Å². The van der Waals surface area contributed by atoms with Gasteiger partial charge in [0.25, 0.3) is 0 Å². The van der Waals surface area contributed by atoms with Crippen molar-refractivity contribution in [3.63, 3.8) is 0 Å². The molecule has 88 valence electrons. The van der Waals surface area contributed by atoms with E-state index in [0.717, 1.165) is 8.95 Å². The van der Waals surface area contributed by atoms with Crippen LogP contribution in [-0.2, 0) is 0 Å². The number of halogens is 2. The van der Waals surface area contributed by atoms with Gasteiger partial charge >= 0.3 is 0 Å². The number of fused-ring (bicyclic) bond motifs is 1. The molecule has 0 heterocycles. The molecule has 0 spiro atoms. The van der Waals surface area contributed by atoms with E-state index in [0.29, 0.717) is 0 Å². The fraction of sp³-hybridized carbons (Fsp3) is 0. The van der Waals surface area contributed by atoms with Crippen molar-refractivity contribution < 1.29 is 0 Å². The molecular formula is C16H10Br2. The first-order chi connectivity index (χ1) is 8.74. The van der Waals surface area contributed by atoms with Crippen molar-refractivity contribution in [2.75, 3.05) is 0 Å². The lowest BCUT2D eigenvalue weighted by Crippen LogP contribution is -1.79. The minimum Gasteiger partial charge on any atom is -0.0605 e. The molecule has 0 saturated heterocycles. The second kappa shape index (κ2) is 4.87. The van der Waals surface area contributed by atoms with E-state index in [2.05, 4.69) is 92.5 Å². The molecule has 0 aliphatic carbocycles. The van der Waals surface area contributed by atoms with Gasteiger partial charge in [0.05, 0.1) is 0 Å². The summed E-state index contributed by atoms with van der Waals surface area (Å²) >= 11 is 7.04. The van der Waals surface area contributed by atoms with Gasteiger partial charge in [-0.1, -0.05) is 68.3 Å². The summed E-state index contributed by atoms with van der Waals surface area (Å²) in [7, 11) is 0. The van der Waals surface area contributed by atoms with E-state index < -0.39 is 0 Å². The first-order valence-corrected chi connectivity index (χ1v) is 7.27. The van der Waals surface area contributed by atoms with Crippen LogP contribution < -0.4 is 0 Å². The quantitative estimate of drug-likeness (QED) is 0.496. The average molecular weight is 362 g/mol. The maximum absolute atomic E-state index is 3.58. The Hall–Kier alpha value is -1.12. The predicted molar refractivity (Wildman–Crippen MR) is 84.8 cm³/mol. The number of rotatable bonds is 1. The lowest BCUT2D eigenvalue weighted by Gasteiger charge is -2.05. The Morgan fingerprint density at radius 1 is 0.667 bits per heavy atom. The van der Waals surface area contributed by atoms with Crippen LogP contribution in [0.5, 0.6) is 0 Å². The third-order valence-corrected chi connectivity index (χ3v) is 4.22. The molecule has 3 aromatic rings. The topological polar surface area (TPSA) is 0 Å². The predicted octanol–water partition coefficient (Wildman–Crippen LogP) is 6.03. The van der Waals surface area contributed by atoms with E-state index in [9.17, 15) is 0 Å². The van der Waals surface area contributed by atoms with E-state index in [-0.39, 0.29) is 0 Å². The summed E-state index contributed by atoms with van der Waals surface area (Å²) in [5.41, 5.74) is 2.48. The third-order valence-electron chi connectivity index (χ3n) is 3.00. The van der Waals surface area contributed by atoms with Crippen LogP contribution in [0.1, 0.15) is 0 Å². The molecule has 0 saturated carbocycles. The highest BCUT2D eigenvalue weighted by atomic mass is 79.9. The summed E-state index contributed by atoms with van der Waals surface area (Å²) in [6, 6.07) is 21.2. The van der Waals surface area contributed by atoms with Crippen LogP contribution in [0.25, 0.3) is 21.9 Å². The Balaban J connectivity index is 2.16. The molecule has 0 unspecified atom stereocenters. The summed E-state index contributed by atoms with van der Waals surface area (Å²) in [5, 5.41) is 2.50. The van der Waals surface area contributed by atoms with E-state index in [1.807, 2.05) is 0 Å². The highest BCUT2D eigenvalue weighted by molar-refractivity contribution is 9.11. The maximum atomic E-state index is 3.58. The van der Waals surface area contributed by atoms with Crippen molar-refractivity contribution in [2.45, 2.75) is 0 Å². The zero-order chi connectivity index (χ0) is 12.5. The highest BCUT2D eigenvalue weighted by Gasteiger charge is 2.01. The van der Waals surface area contributed by atoms with Crippen molar-refractivity contribution in [1.29, 1.82) is 0 Å². The SMILES string of the molecule is Brc1ccc(-c2ccc3c(Br)cccc3c2)cc1. The minimum absolute atomic E-state index is 1.11. The molecule has 3 aromatic carbocycles. The zero-order valence-electron chi connectivity index (χ0n) is 9.53. The largest absolute Gasteiger partial charge is 0.0605 e. The van der Waals surface area contributed by atoms with Crippen LogP contribution in [-0.4, -0.2) is 0 Å². The molecule has 0 amide bonds. The Morgan fingerprint density at radius 2 is 1.39 bits per heavy atom. The van der Waals surface area contributed by atoms with Crippen molar-refractivity contribution in [3.05, 3.63) is 69.6 Å². The van der Waals surface area contributed by atoms with E-state index >= 15 is 0 Å². The van der Waals surface area contributed by atoms with Crippen molar-refractivity contribution in [1.82, 2.24) is 0 Å². The average Bonchev–Trinajstić information content (AvgIpc) is 2.39. The van der Waals surface area contributed by atoms with Gasteiger partial charge in [-0.3, -0.25) is 0 Å². The molecule has 0 atom stereocenters. The van der Waals surface area contributed by atoms with Crippen LogP contribution in [0.3, 0.4) is 0 Å². The molecule has 0 aromatic heterocycles. The summed E-state index contributed by atoms with van der Waals surface area (Å²) < 4.78 is 2.25.